The molecule has 0 aromatic rings. The molecule has 0 fully saturated rings. The summed E-state index contributed by atoms with van der Waals surface area (Å²) < 4.78 is 10.9. The van der Waals surface area contributed by atoms with Gasteiger partial charge in [0.1, 0.15) is 6.54 Å². The minimum Gasteiger partial charge on any atom is -0.466 e. The van der Waals surface area contributed by atoms with E-state index in [1.807, 2.05) is 28.1 Å². The highest BCUT2D eigenvalue weighted by molar-refractivity contribution is 5.72. The third-order valence-corrected chi connectivity index (χ3v) is 2.48. The highest BCUT2D eigenvalue weighted by Gasteiger charge is 2.25. The zero-order chi connectivity index (χ0) is 14.9. The second-order valence-corrected chi connectivity index (χ2v) is 5.70. The van der Waals surface area contributed by atoms with Gasteiger partial charge in [0.25, 0.3) is 0 Å². The van der Waals surface area contributed by atoms with E-state index in [1.54, 1.807) is 6.92 Å². The Labute approximate surface area is 116 Å². The molecule has 0 saturated heterocycles. The molecule has 5 heteroatoms. The van der Waals surface area contributed by atoms with Gasteiger partial charge >= 0.3 is 11.9 Å². The number of rotatable bonds is 9. The number of ether oxygens (including phenoxy) is 2. The lowest BCUT2D eigenvalue weighted by Crippen LogP contribution is -2.44. The van der Waals surface area contributed by atoms with Gasteiger partial charge in [-0.3, -0.25) is 9.59 Å². The Morgan fingerprint density at radius 1 is 1.11 bits per heavy atom. The number of hydrogen-bond acceptors (Lipinski definition) is 4. The van der Waals surface area contributed by atoms with Crippen LogP contribution in [0.2, 0.25) is 0 Å². The minimum atomic E-state index is -0.414. The summed E-state index contributed by atoms with van der Waals surface area (Å²) in [6.45, 7) is 4.73. The molecule has 0 unspecified atom stereocenters. The van der Waals surface area contributed by atoms with Crippen molar-refractivity contribution in [3.8, 4) is 0 Å². The van der Waals surface area contributed by atoms with Crippen LogP contribution in [0.4, 0.5) is 0 Å². The lowest BCUT2D eigenvalue weighted by Gasteiger charge is -2.28. The van der Waals surface area contributed by atoms with E-state index in [1.165, 1.54) is 0 Å². The monoisotopic (exact) mass is 274 g/mol. The van der Waals surface area contributed by atoms with Crippen LogP contribution in [0.15, 0.2) is 0 Å². The van der Waals surface area contributed by atoms with Crippen molar-refractivity contribution in [2.24, 2.45) is 0 Å². The molecule has 0 amide bonds. The summed E-state index contributed by atoms with van der Waals surface area (Å²) in [6, 6.07) is 0. The van der Waals surface area contributed by atoms with Crippen LogP contribution >= 0.6 is 0 Å². The first-order valence-corrected chi connectivity index (χ1v) is 6.94. The fraction of sp³-hybridized carbons (Fsp3) is 0.857. The fourth-order valence-corrected chi connectivity index (χ4v) is 1.73. The molecule has 0 spiro atoms. The molecule has 0 aliphatic carbocycles. The first-order valence-electron chi connectivity index (χ1n) is 6.94. The van der Waals surface area contributed by atoms with Crippen LogP contribution < -0.4 is 0 Å². The lowest BCUT2D eigenvalue weighted by molar-refractivity contribution is -0.873. The van der Waals surface area contributed by atoms with Crippen LogP contribution in [0, 0.1) is 0 Å². The topological polar surface area (TPSA) is 52.6 Å². The van der Waals surface area contributed by atoms with Crippen molar-refractivity contribution in [2.45, 2.75) is 45.6 Å². The molecule has 19 heavy (non-hydrogen) atoms. The van der Waals surface area contributed by atoms with Crippen molar-refractivity contribution in [3.05, 3.63) is 0 Å². The lowest BCUT2D eigenvalue weighted by atomic mass is 10.2. The number of nitrogens with zero attached hydrogens (tertiary/aromatic N) is 1. The van der Waals surface area contributed by atoms with Crippen LogP contribution in [0.25, 0.3) is 0 Å². The number of quaternary nitrogens is 1. The number of unbranched alkanes of at least 4 members (excludes halogenated alkanes) is 1. The predicted octanol–water partition coefficient (Wildman–Crippen LogP) is 1.75. The van der Waals surface area contributed by atoms with Crippen molar-refractivity contribution in [3.63, 3.8) is 0 Å². The average Bonchev–Trinajstić information content (AvgIpc) is 2.24. The normalized spacial score (nSPS) is 12.9. The highest BCUT2D eigenvalue weighted by Crippen LogP contribution is 2.09. The Kier molecular flexibility index (Phi) is 8.39. The molecule has 0 aromatic carbocycles. The maximum Gasteiger partial charge on any atom is 0.309 e. The number of likely N-dealkylation sites (N-methyl/N-ethyl adjacent to an activating group) is 1. The van der Waals surface area contributed by atoms with Crippen LogP contribution in [0.5, 0.6) is 0 Å². The summed E-state index contributed by atoms with van der Waals surface area (Å²) in [7, 11) is 5.99. The van der Waals surface area contributed by atoms with E-state index in [9.17, 15) is 9.59 Å². The van der Waals surface area contributed by atoms with Gasteiger partial charge < -0.3 is 14.0 Å². The highest BCUT2D eigenvalue weighted by atomic mass is 16.6. The van der Waals surface area contributed by atoms with Gasteiger partial charge in [-0.25, -0.2) is 0 Å². The molecule has 0 aliphatic heterocycles. The Bertz CT molecular complexity index is 284. The Balaban J connectivity index is 4.41. The quantitative estimate of drug-likeness (QED) is 0.475. The van der Waals surface area contributed by atoms with Crippen molar-refractivity contribution in [1.29, 1.82) is 0 Å². The molecular weight excluding hydrogens is 246 g/mol. The zero-order valence-corrected chi connectivity index (χ0v) is 12.9. The van der Waals surface area contributed by atoms with Gasteiger partial charge in [0, 0.05) is 6.42 Å². The van der Waals surface area contributed by atoms with Gasteiger partial charge in [-0.15, -0.1) is 0 Å². The zero-order valence-electron chi connectivity index (χ0n) is 12.9. The predicted molar refractivity (Wildman–Crippen MR) is 73.6 cm³/mol. The van der Waals surface area contributed by atoms with E-state index in [4.69, 9.17) is 9.47 Å². The summed E-state index contributed by atoms with van der Waals surface area (Å²) in [5, 5.41) is 0. The van der Waals surface area contributed by atoms with Gasteiger partial charge in [0.15, 0.2) is 6.10 Å². The number of esters is 2. The van der Waals surface area contributed by atoms with Crippen LogP contribution in [0.1, 0.15) is 39.5 Å². The molecule has 1 atom stereocenters. The van der Waals surface area contributed by atoms with Crippen LogP contribution in [0.3, 0.4) is 0 Å². The van der Waals surface area contributed by atoms with Gasteiger partial charge in [0.05, 0.1) is 34.2 Å². The van der Waals surface area contributed by atoms with Gasteiger partial charge in [-0.2, -0.15) is 0 Å². The summed E-state index contributed by atoms with van der Waals surface area (Å²) in [6.07, 6.45) is 1.89. The molecule has 0 rings (SSSR count). The Hall–Kier alpha value is -1.10. The first-order chi connectivity index (χ1) is 8.78. The van der Waals surface area contributed by atoms with Crippen molar-refractivity contribution < 1.29 is 23.5 Å². The van der Waals surface area contributed by atoms with Gasteiger partial charge in [-0.1, -0.05) is 13.3 Å². The van der Waals surface area contributed by atoms with E-state index in [0.29, 0.717) is 24.1 Å². The number of carbonyl (C=O) groups excluding carboxylic acids is 2. The third kappa shape index (κ3) is 10.5. The van der Waals surface area contributed by atoms with E-state index in [-0.39, 0.29) is 18.4 Å². The molecule has 0 bridgehead atoms. The van der Waals surface area contributed by atoms with Gasteiger partial charge in [0.2, 0.25) is 0 Å². The molecular formula is C14H28NO4+. The van der Waals surface area contributed by atoms with E-state index in [0.717, 1.165) is 12.8 Å². The van der Waals surface area contributed by atoms with Crippen LogP contribution in [-0.2, 0) is 19.1 Å². The largest absolute Gasteiger partial charge is 0.466 e. The smallest absolute Gasteiger partial charge is 0.309 e. The van der Waals surface area contributed by atoms with E-state index < -0.39 is 6.10 Å². The molecule has 0 saturated carbocycles. The fourth-order valence-electron chi connectivity index (χ4n) is 1.73. The molecule has 5 nitrogen and oxygen atoms in total. The number of carbonyl (C=O) groups is 2. The Morgan fingerprint density at radius 2 is 1.74 bits per heavy atom. The van der Waals surface area contributed by atoms with Crippen LogP contribution in [-0.4, -0.2) is 56.8 Å². The SMILES string of the molecule is CCCCC(=O)O[C@H](CC(=O)OCC)C[N+](C)(C)C. The Morgan fingerprint density at radius 3 is 2.21 bits per heavy atom. The van der Waals surface area contributed by atoms with Crippen molar-refractivity contribution in [1.82, 2.24) is 0 Å². The molecule has 0 aromatic heterocycles. The third-order valence-electron chi connectivity index (χ3n) is 2.48. The standard InChI is InChI=1S/C14H28NO4/c1-6-8-9-13(16)19-12(11-15(3,4)5)10-14(17)18-7-2/h12H,6-11H2,1-5H3/q+1/t12-/m1/s1. The summed E-state index contributed by atoms with van der Waals surface area (Å²) in [5.74, 6) is -0.547. The summed E-state index contributed by atoms with van der Waals surface area (Å²) >= 11 is 0. The van der Waals surface area contributed by atoms with Crippen molar-refractivity contribution >= 4 is 11.9 Å². The van der Waals surface area contributed by atoms with E-state index >= 15 is 0 Å². The summed E-state index contributed by atoms with van der Waals surface area (Å²) in [5.41, 5.74) is 0. The number of hydrogen-bond donors (Lipinski definition) is 0. The second kappa shape index (κ2) is 8.91. The minimum absolute atomic E-state index is 0.126. The van der Waals surface area contributed by atoms with Crippen molar-refractivity contribution in [2.75, 3.05) is 34.3 Å². The second-order valence-electron chi connectivity index (χ2n) is 5.70. The molecule has 112 valence electrons. The van der Waals surface area contributed by atoms with E-state index in [2.05, 4.69) is 0 Å². The maximum atomic E-state index is 11.7. The van der Waals surface area contributed by atoms with Gasteiger partial charge in [-0.05, 0) is 13.3 Å². The summed E-state index contributed by atoms with van der Waals surface area (Å²) in [4.78, 5) is 23.2. The maximum absolute atomic E-state index is 11.7. The molecule has 0 heterocycles. The average molecular weight is 274 g/mol. The molecule has 0 N–H and O–H groups in total. The first kappa shape index (κ1) is 17.9. The molecule has 0 aliphatic rings. The molecule has 0 radical (unpaired) electrons.